The van der Waals surface area contributed by atoms with Crippen molar-refractivity contribution in [3.63, 3.8) is 0 Å². The van der Waals surface area contributed by atoms with Crippen LogP contribution in [0.4, 0.5) is 5.69 Å². The van der Waals surface area contributed by atoms with Crippen molar-refractivity contribution >= 4 is 23.4 Å². The number of rotatable bonds is 6. The molecule has 1 aliphatic rings. The molecule has 1 aromatic carbocycles. The van der Waals surface area contributed by atoms with Crippen LogP contribution in [0.15, 0.2) is 33.9 Å². The van der Waals surface area contributed by atoms with E-state index < -0.39 is 4.92 Å². The Labute approximate surface area is 167 Å². The second-order valence-electron chi connectivity index (χ2n) is 7.32. The van der Waals surface area contributed by atoms with Crippen LogP contribution in [-0.4, -0.2) is 32.3 Å². The van der Waals surface area contributed by atoms with Crippen LogP contribution in [0.25, 0.3) is 11.5 Å². The Hall–Kier alpha value is -2.42. The smallest absolute Gasteiger partial charge is 0.277 e. The molecule has 1 amide bonds. The summed E-state index contributed by atoms with van der Waals surface area (Å²) >= 11 is 1.18. The third-order valence-corrected chi connectivity index (χ3v) is 6.33. The third-order valence-electron chi connectivity index (χ3n) is 5.39. The molecule has 8 nitrogen and oxygen atoms in total. The van der Waals surface area contributed by atoms with E-state index in [9.17, 15) is 14.9 Å². The van der Waals surface area contributed by atoms with E-state index in [0.717, 1.165) is 12.8 Å². The molecule has 28 heavy (non-hydrogen) atoms. The Kier molecular flexibility index (Phi) is 6.33. The first-order valence-electron chi connectivity index (χ1n) is 9.40. The van der Waals surface area contributed by atoms with Crippen molar-refractivity contribution in [2.24, 2.45) is 11.8 Å². The van der Waals surface area contributed by atoms with E-state index in [4.69, 9.17) is 4.42 Å². The zero-order chi connectivity index (χ0) is 20.3. The zero-order valence-electron chi connectivity index (χ0n) is 16.1. The molecule has 0 unspecified atom stereocenters. The number of aromatic nitrogens is 2. The number of thioether (sulfide) groups is 1. The lowest BCUT2D eigenvalue weighted by molar-refractivity contribution is -0.384. The molecular weight excluding hydrogens is 380 g/mol. The molecule has 0 radical (unpaired) electrons. The predicted octanol–water partition coefficient (Wildman–Crippen LogP) is 4.07. The van der Waals surface area contributed by atoms with Gasteiger partial charge in [-0.05, 0) is 31.2 Å². The lowest BCUT2D eigenvalue weighted by Crippen LogP contribution is -2.46. The van der Waals surface area contributed by atoms with Gasteiger partial charge >= 0.3 is 0 Å². The van der Waals surface area contributed by atoms with Gasteiger partial charge in [0.05, 0.1) is 10.2 Å². The third kappa shape index (κ3) is 4.70. The molecule has 2 aromatic rings. The van der Waals surface area contributed by atoms with Gasteiger partial charge in [-0.3, -0.25) is 14.9 Å². The minimum absolute atomic E-state index is 0.0477. The first-order chi connectivity index (χ1) is 13.3. The summed E-state index contributed by atoms with van der Waals surface area (Å²) in [6.45, 7) is 6.22. The number of nitro benzene ring substituents is 1. The van der Waals surface area contributed by atoms with Gasteiger partial charge < -0.3 is 9.73 Å². The zero-order valence-corrected chi connectivity index (χ0v) is 16.9. The van der Waals surface area contributed by atoms with E-state index in [0.29, 0.717) is 17.4 Å². The van der Waals surface area contributed by atoms with Gasteiger partial charge in [0.25, 0.3) is 10.9 Å². The van der Waals surface area contributed by atoms with E-state index >= 15 is 0 Å². The minimum atomic E-state index is -0.477. The molecule has 9 heteroatoms. The summed E-state index contributed by atoms with van der Waals surface area (Å²) in [7, 11) is 0. The highest BCUT2D eigenvalue weighted by Gasteiger charge is 2.30. The Morgan fingerprint density at radius 1 is 1.36 bits per heavy atom. The van der Waals surface area contributed by atoms with Crippen molar-refractivity contribution in [1.82, 2.24) is 15.5 Å². The molecule has 4 atom stereocenters. The number of amides is 1. The van der Waals surface area contributed by atoms with Crippen molar-refractivity contribution in [2.45, 2.75) is 56.5 Å². The normalized spacial score (nSPS) is 23.2. The largest absolute Gasteiger partial charge is 0.411 e. The van der Waals surface area contributed by atoms with Crippen molar-refractivity contribution in [3.05, 3.63) is 34.4 Å². The first-order valence-corrected chi connectivity index (χ1v) is 10.3. The summed E-state index contributed by atoms with van der Waals surface area (Å²) < 4.78 is 5.59. The molecule has 0 spiro atoms. The summed E-state index contributed by atoms with van der Waals surface area (Å²) in [4.78, 5) is 23.0. The average Bonchev–Trinajstić information content (AvgIpc) is 3.14. The van der Waals surface area contributed by atoms with Crippen molar-refractivity contribution < 1.29 is 14.1 Å². The Morgan fingerprint density at radius 3 is 2.89 bits per heavy atom. The molecule has 1 aliphatic carbocycles. The maximum atomic E-state index is 12.6. The number of nitro groups is 1. The molecule has 3 rings (SSSR count). The molecule has 1 heterocycles. The van der Waals surface area contributed by atoms with Crippen LogP contribution in [0, 0.1) is 22.0 Å². The molecule has 0 saturated heterocycles. The van der Waals surface area contributed by atoms with Crippen LogP contribution in [0.2, 0.25) is 0 Å². The number of non-ortho nitro benzene ring substituents is 1. The Bertz CT molecular complexity index is 856. The summed E-state index contributed by atoms with van der Waals surface area (Å²) in [5.74, 6) is 1.20. The number of carbonyl (C=O) groups is 1. The monoisotopic (exact) mass is 404 g/mol. The molecule has 1 N–H and O–H groups in total. The van der Waals surface area contributed by atoms with Gasteiger partial charge in [-0.1, -0.05) is 44.5 Å². The summed E-state index contributed by atoms with van der Waals surface area (Å²) in [5.41, 5.74) is 0.421. The number of hydrogen-bond donors (Lipinski definition) is 1. The molecule has 0 bridgehead atoms. The highest BCUT2D eigenvalue weighted by molar-refractivity contribution is 8.00. The number of hydrogen-bond acceptors (Lipinski definition) is 7. The Morgan fingerprint density at radius 2 is 2.14 bits per heavy atom. The maximum Gasteiger partial charge on any atom is 0.277 e. The van der Waals surface area contributed by atoms with E-state index in [1.807, 2.05) is 0 Å². The van der Waals surface area contributed by atoms with Crippen molar-refractivity contribution in [3.8, 4) is 11.5 Å². The number of benzene rings is 1. The van der Waals surface area contributed by atoms with Crippen LogP contribution < -0.4 is 5.32 Å². The van der Waals surface area contributed by atoms with Crippen molar-refractivity contribution in [2.75, 3.05) is 0 Å². The SMILES string of the molecule is C[C@H]1[C@@H](NC(=O)[C@@H](C)Sc2nnc(-c3cccc([N+](=O)[O-])c3)o2)CCC[C@@H]1C. The van der Waals surface area contributed by atoms with E-state index in [1.54, 1.807) is 19.1 Å². The second-order valence-corrected chi connectivity index (χ2v) is 8.62. The Balaban J connectivity index is 1.62. The summed E-state index contributed by atoms with van der Waals surface area (Å²) in [6, 6.07) is 6.20. The van der Waals surface area contributed by atoms with E-state index in [-0.39, 0.29) is 34.0 Å². The predicted molar refractivity (Wildman–Crippen MR) is 106 cm³/mol. The summed E-state index contributed by atoms with van der Waals surface area (Å²) in [6.07, 6.45) is 3.35. The van der Waals surface area contributed by atoms with Gasteiger partial charge in [-0.2, -0.15) is 0 Å². The van der Waals surface area contributed by atoms with E-state index in [1.165, 1.54) is 30.3 Å². The first kappa shape index (κ1) is 20.3. The topological polar surface area (TPSA) is 111 Å². The molecule has 150 valence electrons. The lowest BCUT2D eigenvalue weighted by atomic mass is 9.78. The standard InChI is InChI=1S/C19H24N4O4S/c1-11-6-4-9-16(12(11)2)20-17(24)13(3)28-19-22-21-18(27-19)14-7-5-8-15(10-14)23(25)26/h5,7-8,10-13,16H,4,6,9H2,1-3H3,(H,20,24)/t11-,12+,13+,16-/m0/s1. The molecule has 0 aliphatic heterocycles. The van der Waals surface area contributed by atoms with Crippen molar-refractivity contribution in [1.29, 1.82) is 0 Å². The fourth-order valence-corrected chi connectivity index (χ4v) is 4.11. The number of nitrogens with zero attached hydrogens (tertiary/aromatic N) is 3. The van der Waals surface area contributed by atoms with Gasteiger partial charge in [-0.15, -0.1) is 10.2 Å². The molecule has 1 fully saturated rings. The highest BCUT2D eigenvalue weighted by Crippen LogP contribution is 2.31. The lowest BCUT2D eigenvalue weighted by Gasteiger charge is -2.35. The van der Waals surface area contributed by atoms with Crippen LogP contribution >= 0.6 is 11.8 Å². The van der Waals surface area contributed by atoms with Gasteiger partial charge in [-0.25, -0.2) is 0 Å². The second kappa shape index (κ2) is 8.72. The fraction of sp³-hybridized carbons (Fsp3) is 0.526. The maximum absolute atomic E-state index is 12.6. The fourth-order valence-electron chi connectivity index (χ4n) is 3.42. The van der Waals surface area contributed by atoms with Crippen LogP contribution in [0.5, 0.6) is 0 Å². The van der Waals surface area contributed by atoms with Crippen LogP contribution in [0.1, 0.15) is 40.0 Å². The summed E-state index contributed by atoms with van der Waals surface area (Å²) in [5, 5.41) is 21.8. The van der Waals surface area contributed by atoms with Gasteiger partial charge in [0.15, 0.2) is 0 Å². The van der Waals surface area contributed by atoms with Crippen LogP contribution in [-0.2, 0) is 4.79 Å². The minimum Gasteiger partial charge on any atom is -0.411 e. The van der Waals surface area contributed by atoms with Gasteiger partial charge in [0, 0.05) is 23.7 Å². The molecular formula is C19H24N4O4S. The highest BCUT2D eigenvalue weighted by atomic mass is 32.2. The van der Waals surface area contributed by atoms with Crippen LogP contribution in [0.3, 0.4) is 0 Å². The number of carbonyl (C=O) groups excluding carboxylic acids is 1. The molecule has 1 aromatic heterocycles. The molecule has 1 saturated carbocycles. The van der Waals surface area contributed by atoms with Gasteiger partial charge in [0.1, 0.15) is 0 Å². The van der Waals surface area contributed by atoms with E-state index in [2.05, 4.69) is 29.4 Å². The quantitative estimate of drug-likeness (QED) is 0.439. The number of nitrogens with one attached hydrogen (secondary N) is 1. The van der Waals surface area contributed by atoms with Gasteiger partial charge in [0.2, 0.25) is 11.8 Å². The average molecular weight is 404 g/mol.